The van der Waals surface area contributed by atoms with Crippen LogP contribution < -0.4 is 5.32 Å². The molecule has 104 valence electrons. The SMILES string of the molecule is O=C(NCCSc1ccccc1)c1ccc(I)c(Cl)c1. The van der Waals surface area contributed by atoms with E-state index in [-0.39, 0.29) is 5.91 Å². The molecule has 5 heteroatoms. The molecule has 20 heavy (non-hydrogen) atoms. The minimum absolute atomic E-state index is 0.0861. The molecule has 0 aliphatic rings. The standard InChI is InChI=1S/C15H13ClINOS/c16-13-10-11(6-7-14(13)17)15(19)18-8-9-20-12-4-2-1-3-5-12/h1-7,10H,8-9H2,(H,18,19). The summed E-state index contributed by atoms with van der Waals surface area (Å²) in [5, 5.41) is 3.50. The van der Waals surface area contributed by atoms with Gasteiger partial charge in [0, 0.05) is 26.3 Å². The first kappa shape index (κ1) is 15.7. The van der Waals surface area contributed by atoms with Gasteiger partial charge < -0.3 is 5.32 Å². The second kappa shape index (κ2) is 7.90. The van der Waals surface area contributed by atoms with Gasteiger partial charge in [-0.25, -0.2) is 0 Å². The molecule has 0 aromatic heterocycles. The van der Waals surface area contributed by atoms with Crippen molar-refractivity contribution >= 4 is 51.9 Å². The Morgan fingerprint density at radius 2 is 1.95 bits per heavy atom. The van der Waals surface area contributed by atoms with E-state index in [4.69, 9.17) is 11.6 Å². The van der Waals surface area contributed by atoms with Crippen LogP contribution in [0.1, 0.15) is 10.4 Å². The van der Waals surface area contributed by atoms with Crippen molar-refractivity contribution in [2.24, 2.45) is 0 Å². The smallest absolute Gasteiger partial charge is 0.251 e. The fraction of sp³-hybridized carbons (Fsp3) is 0.133. The number of thioether (sulfide) groups is 1. The highest BCUT2D eigenvalue weighted by Crippen LogP contribution is 2.19. The van der Waals surface area contributed by atoms with Gasteiger partial charge in [-0.15, -0.1) is 11.8 Å². The van der Waals surface area contributed by atoms with Crippen LogP contribution in [0.15, 0.2) is 53.4 Å². The van der Waals surface area contributed by atoms with Crippen LogP contribution in [-0.2, 0) is 0 Å². The largest absolute Gasteiger partial charge is 0.351 e. The zero-order valence-electron chi connectivity index (χ0n) is 10.6. The van der Waals surface area contributed by atoms with Gasteiger partial charge in [0.05, 0.1) is 5.02 Å². The van der Waals surface area contributed by atoms with Crippen molar-refractivity contribution in [3.63, 3.8) is 0 Å². The maximum absolute atomic E-state index is 11.9. The molecular weight excluding hydrogens is 405 g/mol. The Labute approximate surface area is 141 Å². The summed E-state index contributed by atoms with van der Waals surface area (Å²) in [6.07, 6.45) is 0. The van der Waals surface area contributed by atoms with E-state index in [0.29, 0.717) is 17.1 Å². The first-order chi connectivity index (χ1) is 9.66. The minimum atomic E-state index is -0.0861. The molecule has 0 radical (unpaired) electrons. The van der Waals surface area contributed by atoms with Crippen LogP contribution in [0.25, 0.3) is 0 Å². The highest BCUT2D eigenvalue weighted by molar-refractivity contribution is 14.1. The molecule has 2 nitrogen and oxygen atoms in total. The summed E-state index contributed by atoms with van der Waals surface area (Å²) < 4.78 is 0.945. The summed E-state index contributed by atoms with van der Waals surface area (Å²) in [6.45, 7) is 0.627. The summed E-state index contributed by atoms with van der Waals surface area (Å²) >= 11 is 9.87. The number of benzene rings is 2. The maximum atomic E-state index is 11.9. The van der Waals surface area contributed by atoms with Crippen molar-refractivity contribution in [3.8, 4) is 0 Å². The molecule has 2 aromatic carbocycles. The Bertz CT molecular complexity index is 592. The lowest BCUT2D eigenvalue weighted by molar-refractivity contribution is 0.0956. The molecule has 1 N–H and O–H groups in total. The van der Waals surface area contributed by atoms with E-state index in [0.717, 1.165) is 9.32 Å². The molecule has 0 spiro atoms. The summed E-state index contributed by atoms with van der Waals surface area (Å²) in [7, 11) is 0. The second-order valence-corrected chi connectivity index (χ2v) is 6.78. The maximum Gasteiger partial charge on any atom is 0.251 e. The minimum Gasteiger partial charge on any atom is -0.351 e. The molecular formula is C15H13ClINOS. The average molecular weight is 418 g/mol. The number of hydrogen-bond acceptors (Lipinski definition) is 2. The highest BCUT2D eigenvalue weighted by atomic mass is 127. The fourth-order valence-electron chi connectivity index (χ4n) is 1.59. The number of halogens is 2. The van der Waals surface area contributed by atoms with Crippen molar-refractivity contribution in [2.75, 3.05) is 12.3 Å². The van der Waals surface area contributed by atoms with Crippen LogP contribution in [0.3, 0.4) is 0 Å². The van der Waals surface area contributed by atoms with Crippen LogP contribution in [0.5, 0.6) is 0 Å². The summed E-state index contributed by atoms with van der Waals surface area (Å²) in [6, 6.07) is 15.5. The fourth-order valence-corrected chi connectivity index (χ4v) is 2.90. The van der Waals surface area contributed by atoms with Gasteiger partial charge in [0.25, 0.3) is 5.91 Å². The van der Waals surface area contributed by atoms with Crippen LogP contribution in [-0.4, -0.2) is 18.2 Å². The van der Waals surface area contributed by atoms with E-state index in [1.807, 2.05) is 24.3 Å². The molecule has 0 aliphatic carbocycles. The van der Waals surface area contributed by atoms with Crippen molar-refractivity contribution in [1.29, 1.82) is 0 Å². The lowest BCUT2D eigenvalue weighted by Crippen LogP contribution is -2.25. The Morgan fingerprint density at radius 1 is 1.20 bits per heavy atom. The quantitative estimate of drug-likeness (QED) is 0.442. The topological polar surface area (TPSA) is 29.1 Å². The molecule has 0 bridgehead atoms. The van der Waals surface area contributed by atoms with Gasteiger partial charge >= 0.3 is 0 Å². The van der Waals surface area contributed by atoms with Crippen molar-refractivity contribution < 1.29 is 4.79 Å². The first-order valence-corrected chi connectivity index (χ1v) is 8.52. The third-order valence-electron chi connectivity index (χ3n) is 2.58. The first-order valence-electron chi connectivity index (χ1n) is 6.08. The molecule has 0 saturated heterocycles. The second-order valence-electron chi connectivity index (χ2n) is 4.05. The molecule has 0 atom stereocenters. The molecule has 0 aliphatic heterocycles. The molecule has 1 amide bonds. The molecule has 0 unspecified atom stereocenters. The van der Waals surface area contributed by atoms with Crippen LogP contribution in [0.4, 0.5) is 0 Å². The van der Waals surface area contributed by atoms with E-state index < -0.39 is 0 Å². The zero-order valence-corrected chi connectivity index (χ0v) is 14.3. The lowest BCUT2D eigenvalue weighted by Gasteiger charge is -2.06. The van der Waals surface area contributed by atoms with Gasteiger partial charge in [0.1, 0.15) is 0 Å². The molecule has 0 saturated carbocycles. The molecule has 0 heterocycles. The number of carbonyl (C=O) groups excluding carboxylic acids is 1. The number of amides is 1. The summed E-state index contributed by atoms with van der Waals surface area (Å²) in [4.78, 5) is 13.1. The Kier molecular flexibility index (Phi) is 6.19. The van der Waals surface area contributed by atoms with Gasteiger partial charge in [-0.2, -0.15) is 0 Å². The predicted octanol–water partition coefficient (Wildman–Crippen LogP) is 4.47. The van der Waals surface area contributed by atoms with Crippen LogP contribution >= 0.6 is 46.0 Å². The Hall–Kier alpha value is -0.720. The van der Waals surface area contributed by atoms with Gasteiger partial charge in [0.15, 0.2) is 0 Å². The lowest BCUT2D eigenvalue weighted by atomic mass is 10.2. The van der Waals surface area contributed by atoms with Crippen molar-refractivity contribution in [2.45, 2.75) is 4.90 Å². The van der Waals surface area contributed by atoms with E-state index in [2.05, 4.69) is 40.0 Å². The van der Waals surface area contributed by atoms with Crippen molar-refractivity contribution in [3.05, 3.63) is 62.7 Å². The summed E-state index contributed by atoms with van der Waals surface area (Å²) in [5.41, 5.74) is 0.597. The van der Waals surface area contributed by atoms with E-state index >= 15 is 0 Å². The van der Waals surface area contributed by atoms with E-state index in [1.54, 1.807) is 23.9 Å². The molecule has 2 rings (SSSR count). The molecule has 2 aromatic rings. The number of rotatable bonds is 5. The third-order valence-corrected chi connectivity index (χ3v) is 5.17. The average Bonchev–Trinajstić information content (AvgIpc) is 2.47. The number of hydrogen-bond donors (Lipinski definition) is 1. The summed E-state index contributed by atoms with van der Waals surface area (Å²) in [5.74, 6) is 0.755. The van der Waals surface area contributed by atoms with Gasteiger partial charge in [-0.05, 0) is 52.9 Å². The highest BCUT2D eigenvalue weighted by Gasteiger charge is 2.07. The number of carbonyl (C=O) groups is 1. The van der Waals surface area contributed by atoms with Crippen LogP contribution in [0.2, 0.25) is 5.02 Å². The number of nitrogens with one attached hydrogen (secondary N) is 1. The monoisotopic (exact) mass is 417 g/mol. The Morgan fingerprint density at radius 3 is 2.65 bits per heavy atom. The van der Waals surface area contributed by atoms with E-state index in [1.165, 1.54) is 4.90 Å². The predicted molar refractivity (Wildman–Crippen MR) is 93.7 cm³/mol. The zero-order chi connectivity index (χ0) is 14.4. The van der Waals surface area contributed by atoms with Gasteiger partial charge in [0.2, 0.25) is 0 Å². The van der Waals surface area contributed by atoms with Gasteiger partial charge in [-0.3, -0.25) is 4.79 Å². The van der Waals surface area contributed by atoms with Crippen LogP contribution in [0, 0.1) is 3.57 Å². The van der Waals surface area contributed by atoms with Crippen molar-refractivity contribution in [1.82, 2.24) is 5.32 Å². The van der Waals surface area contributed by atoms with Gasteiger partial charge in [-0.1, -0.05) is 29.8 Å². The van der Waals surface area contributed by atoms with E-state index in [9.17, 15) is 4.79 Å². The normalized spacial score (nSPS) is 10.3. The third kappa shape index (κ3) is 4.68. The molecule has 0 fully saturated rings. The Balaban J connectivity index is 1.79.